The summed E-state index contributed by atoms with van der Waals surface area (Å²) < 4.78 is 41.5. The molecule has 0 spiro atoms. The largest absolute Gasteiger partial charge is 0.442 e. The fraction of sp³-hybridized carbons (Fsp3) is 0.562. The number of anilines is 1. The Morgan fingerprint density at radius 3 is 2.52 bits per heavy atom. The van der Waals surface area contributed by atoms with Crippen LogP contribution in [0, 0.1) is 5.92 Å². The molecule has 3 N–H and O–H groups in total. The Bertz CT molecular complexity index is 1520. The molecule has 4 atom stereocenters. The second kappa shape index (κ2) is 16.3. The molecule has 254 valence electrons. The number of thiazole rings is 1. The Morgan fingerprint density at radius 1 is 1.11 bits per heavy atom. The number of benzene rings is 2. The minimum atomic E-state index is -4.01. The van der Waals surface area contributed by atoms with Crippen LogP contribution in [0.5, 0.6) is 0 Å². The van der Waals surface area contributed by atoms with Gasteiger partial charge in [-0.05, 0) is 64.3 Å². The van der Waals surface area contributed by atoms with Gasteiger partial charge in [-0.2, -0.15) is 4.31 Å². The smallest absolute Gasteiger partial charge is 0.407 e. The minimum absolute atomic E-state index is 0.0163. The van der Waals surface area contributed by atoms with Crippen molar-refractivity contribution in [3.63, 3.8) is 0 Å². The van der Waals surface area contributed by atoms with Crippen molar-refractivity contribution >= 4 is 42.8 Å². The maximum absolute atomic E-state index is 14.1. The second-order valence-electron chi connectivity index (χ2n) is 12.6. The van der Waals surface area contributed by atoms with Crippen LogP contribution in [-0.4, -0.2) is 131 Å². The van der Waals surface area contributed by atoms with E-state index >= 15 is 0 Å². The second-order valence-corrected chi connectivity index (χ2v) is 15.6. The number of aromatic nitrogens is 1. The number of aliphatic hydroxyl groups is 1. The van der Waals surface area contributed by atoms with E-state index in [0.717, 1.165) is 21.9 Å². The summed E-state index contributed by atoms with van der Waals surface area (Å²) in [7, 11) is 3.77. The number of likely N-dealkylation sites (N-methyl/N-ethyl adjacent to an activating group) is 2. The number of nitrogens with one attached hydrogen (secondary N) is 2. The van der Waals surface area contributed by atoms with Crippen LogP contribution in [0.4, 0.5) is 9.93 Å². The Morgan fingerprint density at radius 2 is 1.85 bits per heavy atom. The third-order valence-corrected chi connectivity index (χ3v) is 10.6. The van der Waals surface area contributed by atoms with Gasteiger partial charge in [0.1, 0.15) is 6.10 Å². The van der Waals surface area contributed by atoms with Crippen LogP contribution in [0.3, 0.4) is 0 Å². The number of ether oxygens (including phenoxy) is 2. The molecule has 4 rings (SSSR count). The molecule has 2 aromatic carbocycles. The van der Waals surface area contributed by atoms with Crippen LogP contribution in [0.2, 0.25) is 0 Å². The number of carbonyl (C=O) groups excluding carboxylic acids is 1. The predicted octanol–water partition coefficient (Wildman–Crippen LogP) is 2.94. The molecule has 3 aromatic rings. The molecule has 0 saturated carbocycles. The summed E-state index contributed by atoms with van der Waals surface area (Å²) in [6.45, 7) is 6.10. The van der Waals surface area contributed by atoms with E-state index in [4.69, 9.17) is 9.47 Å². The van der Waals surface area contributed by atoms with Gasteiger partial charge < -0.3 is 35.0 Å². The third-order valence-electron chi connectivity index (χ3n) is 7.78. The molecule has 0 radical (unpaired) electrons. The van der Waals surface area contributed by atoms with Gasteiger partial charge in [-0.25, -0.2) is 18.2 Å². The van der Waals surface area contributed by atoms with E-state index in [1.54, 1.807) is 18.2 Å². The third kappa shape index (κ3) is 9.83. The highest BCUT2D eigenvalue weighted by atomic mass is 32.2. The van der Waals surface area contributed by atoms with Crippen LogP contribution in [0.1, 0.15) is 19.4 Å². The molecule has 1 amide bonds. The van der Waals surface area contributed by atoms with Crippen molar-refractivity contribution in [3.05, 3.63) is 54.1 Å². The van der Waals surface area contributed by atoms with Crippen molar-refractivity contribution in [1.29, 1.82) is 0 Å². The summed E-state index contributed by atoms with van der Waals surface area (Å²) in [5.41, 5.74) is 1.59. The van der Waals surface area contributed by atoms with E-state index in [-0.39, 0.29) is 43.0 Å². The normalized spacial score (nSPS) is 18.5. The SMILES string of the molecule is CC(C)CN(C[C@@H](O)[C@H](Cc1ccccc1)NC(=O)O[C@@H]1COC[C@H]1N(C)C)S(=O)(=O)c1ccc2nc(NCCN(C)C)sc2c1. The number of fused-ring (bicyclic) bond motifs is 1. The van der Waals surface area contributed by atoms with Crippen molar-refractivity contribution in [2.45, 2.75) is 49.5 Å². The molecular weight excluding hydrogens is 629 g/mol. The Labute approximate surface area is 276 Å². The molecule has 1 aromatic heterocycles. The lowest BCUT2D eigenvalue weighted by Gasteiger charge is -2.31. The molecule has 1 aliphatic rings. The predicted molar refractivity (Wildman–Crippen MR) is 182 cm³/mol. The Kier molecular flexibility index (Phi) is 12.8. The van der Waals surface area contributed by atoms with Crippen molar-refractivity contribution in [2.24, 2.45) is 5.92 Å². The van der Waals surface area contributed by atoms with E-state index in [0.29, 0.717) is 18.7 Å². The van der Waals surface area contributed by atoms with Crippen LogP contribution in [0.15, 0.2) is 53.4 Å². The van der Waals surface area contributed by atoms with Crippen LogP contribution in [0.25, 0.3) is 10.2 Å². The number of amides is 1. The zero-order valence-electron chi connectivity index (χ0n) is 27.5. The molecule has 0 unspecified atom stereocenters. The van der Waals surface area contributed by atoms with Gasteiger partial charge in [0.2, 0.25) is 10.0 Å². The molecule has 14 heteroatoms. The van der Waals surface area contributed by atoms with E-state index in [2.05, 4.69) is 20.5 Å². The maximum Gasteiger partial charge on any atom is 0.407 e. The van der Waals surface area contributed by atoms with Crippen LogP contribution < -0.4 is 10.6 Å². The zero-order valence-corrected chi connectivity index (χ0v) is 29.2. The van der Waals surface area contributed by atoms with Crippen molar-refractivity contribution in [1.82, 2.24) is 24.4 Å². The van der Waals surface area contributed by atoms with Gasteiger partial charge in [0, 0.05) is 26.2 Å². The molecule has 12 nitrogen and oxygen atoms in total. The van der Waals surface area contributed by atoms with Gasteiger partial charge in [-0.15, -0.1) is 0 Å². The highest BCUT2D eigenvalue weighted by Gasteiger charge is 2.35. The standard InChI is InChI=1S/C32H48N6O6S2/c1-22(2)18-38(46(41,42)24-12-13-25-30(17-24)45-31(34-25)33-14-15-36(3)4)19-28(39)26(16-23-10-8-7-9-11-23)35-32(40)44-29-21-43-20-27(29)37(5)6/h7-13,17,22,26-29,39H,14-16,18-21H2,1-6H3,(H,33,34)(H,35,40)/t26-,27+,28+,29+/m0/s1. The summed E-state index contributed by atoms with van der Waals surface area (Å²) in [4.78, 5) is 21.8. The number of rotatable bonds is 16. The quantitative estimate of drug-likeness (QED) is 0.208. The number of alkyl carbamates (subject to hydrolysis) is 1. The Hall–Kier alpha value is -2.85. The number of carbonyl (C=O) groups is 1. The number of nitrogens with zero attached hydrogens (tertiary/aromatic N) is 4. The number of aliphatic hydroxyl groups excluding tert-OH is 1. The van der Waals surface area contributed by atoms with E-state index < -0.39 is 34.4 Å². The topological polar surface area (TPSA) is 137 Å². The molecule has 1 fully saturated rings. The maximum atomic E-state index is 14.1. The first-order chi connectivity index (χ1) is 21.8. The Balaban J connectivity index is 1.54. The summed E-state index contributed by atoms with van der Waals surface area (Å²) in [6.07, 6.45) is -2.11. The average Bonchev–Trinajstić information content (AvgIpc) is 3.62. The van der Waals surface area contributed by atoms with E-state index in [1.807, 2.05) is 77.3 Å². The summed E-state index contributed by atoms with van der Waals surface area (Å²) in [5, 5.41) is 18.4. The first kappa shape index (κ1) is 36.0. The number of sulfonamides is 1. The van der Waals surface area contributed by atoms with Crippen LogP contribution in [-0.2, 0) is 25.9 Å². The van der Waals surface area contributed by atoms with Crippen molar-refractivity contribution in [2.75, 3.05) is 72.9 Å². The summed E-state index contributed by atoms with van der Waals surface area (Å²) >= 11 is 1.40. The lowest BCUT2D eigenvalue weighted by atomic mass is 10.0. The van der Waals surface area contributed by atoms with Gasteiger partial charge in [-0.1, -0.05) is 55.5 Å². The number of hydrogen-bond donors (Lipinski definition) is 3. The molecule has 0 aliphatic carbocycles. The summed E-state index contributed by atoms with van der Waals surface area (Å²) in [5.74, 6) is -0.0163. The molecule has 1 saturated heterocycles. The first-order valence-electron chi connectivity index (χ1n) is 15.6. The lowest BCUT2D eigenvalue weighted by molar-refractivity contribution is 0.0496. The molecule has 0 bridgehead atoms. The van der Waals surface area contributed by atoms with E-state index in [1.165, 1.54) is 15.6 Å². The van der Waals surface area contributed by atoms with Gasteiger partial charge in [0.25, 0.3) is 0 Å². The highest BCUT2D eigenvalue weighted by molar-refractivity contribution is 7.89. The molecule has 46 heavy (non-hydrogen) atoms. The molecule has 2 heterocycles. The summed E-state index contributed by atoms with van der Waals surface area (Å²) in [6, 6.07) is 13.4. The van der Waals surface area contributed by atoms with Crippen molar-refractivity contribution < 1.29 is 27.8 Å². The molecule has 1 aliphatic heterocycles. The zero-order chi connectivity index (χ0) is 33.4. The monoisotopic (exact) mass is 676 g/mol. The average molecular weight is 677 g/mol. The lowest BCUT2D eigenvalue weighted by Crippen LogP contribution is -2.52. The highest BCUT2D eigenvalue weighted by Crippen LogP contribution is 2.30. The van der Waals surface area contributed by atoms with Crippen molar-refractivity contribution in [3.8, 4) is 0 Å². The number of hydrogen-bond acceptors (Lipinski definition) is 11. The fourth-order valence-corrected chi connectivity index (χ4v) is 7.94. The van der Waals surface area contributed by atoms with Gasteiger partial charge in [-0.3, -0.25) is 0 Å². The minimum Gasteiger partial charge on any atom is -0.442 e. The molecular formula is C32H48N6O6S2. The fourth-order valence-electron chi connectivity index (χ4n) is 5.28. The first-order valence-corrected chi connectivity index (χ1v) is 17.8. The van der Waals surface area contributed by atoms with Gasteiger partial charge in [0.15, 0.2) is 5.13 Å². The van der Waals surface area contributed by atoms with Gasteiger partial charge >= 0.3 is 6.09 Å². The van der Waals surface area contributed by atoms with Crippen LogP contribution >= 0.6 is 11.3 Å². The van der Waals surface area contributed by atoms with Gasteiger partial charge in [0.05, 0.1) is 46.5 Å². The van der Waals surface area contributed by atoms with E-state index in [9.17, 15) is 18.3 Å².